The molecule has 1 aliphatic rings. The predicted octanol–water partition coefficient (Wildman–Crippen LogP) is 2.18. The van der Waals surface area contributed by atoms with Crippen molar-refractivity contribution in [1.29, 1.82) is 5.26 Å². The van der Waals surface area contributed by atoms with Crippen LogP contribution in [0.2, 0.25) is 0 Å². The summed E-state index contributed by atoms with van der Waals surface area (Å²) in [5.41, 5.74) is 2.57. The van der Waals surface area contributed by atoms with Crippen LogP contribution in [-0.4, -0.2) is 37.5 Å². The molecule has 7 heteroatoms. The first kappa shape index (κ1) is 15.9. The van der Waals surface area contributed by atoms with Gasteiger partial charge in [0, 0.05) is 42.9 Å². The van der Waals surface area contributed by atoms with Crippen LogP contribution in [0.4, 0.5) is 0 Å². The van der Waals surface area contributed by atoms with Gasteiger partial charge in [0.1, 0.15) is 11.6 Å². The third-order valence-corrected chi connectivity index (χ3v) is 5.48. The molecule has 6 nitrogen and oxygen atoms in total. The first-order valence-corrected chi connectivity index (χ1v) is 9.28. The molecule has 3 heterocycles. The lowest BCUT2D eigenvalue weighted by Crippen LogP contribution is -2.36. The van der Waals surface area contributed by atoms with E-state index in [9.17, 15) is 10.1 Å². The Bertz CT molecular complexity index is 988. The van der Waals surface area contributed by atoms with Crippen molar-refractivity contribution < 1.29 is 0 Å². The summed E-state index contributed by atoms with van der Waals surface area (Å²) in [6.07, 6.45) is 1.51. The van der Waals surface area contributed by atoms with E-state index >= 15 is 0 Å². The van der Waals surface area contributed by atoms with Crippen LogP contribution in [0.5, 0.6) is 0 Å². The van der Waals surface area contributed by atoms with E-state index in [0.29, 0.717) is 29.5 Å². The summed E-state index contributed by atoms with van der Waals surface area (Å²) in [4.78, 5) is 19.2. The molecule has 25 heavy (non-hydrogen) atoms. The largest absolute Gasteiger partial charge is 0.295 e. The van der Waals surface area contributed by atoms with Gasteiger partial charge in [0.2, 0.25) is 0 Å². The molecule has 1 aromatic carbocycles. The van der Waals surface area contributed by atoms with Crippen molar-refractivity contribution in [3.8, 4) is 6.07 Å². The lowest BCUT2D eigenvalue weighted by Gasteiger charge is -2.35. The van der Waals surface area contributed by atoms with Gasteiger partial charge in [-0.3, -0.25) is 14.8 Å². The molecule has 1 saturated heterocycles. The third kappa shape index (κ3) is 3.06. The van der Waals surface area contributed by atoms with E-state index in [1.54, 1.807) is 6.07 Å². The number of hydrogen-bond donors (Lipinski definition) is 1. The molecule has 0 aliphatic carbocycles. The average molecular weight is 351 g/mol. The Balaban J connectivity index is 1.67. The summed E-state index contributed by atoms with van der Waals surface area (Å²) >= 11 is 1.95. The molecule has 2 aromatic heterocycles. The number of benzene rings is 1. The minimum atomic E-state index is -0.191. The highest BCUT2D eigenvalue weighted by atomic mass is 32.2. The second kappa shape index (κ2) is 6.75. The third-order valence-electron chi connectivity index (χ3n) is 4.46. The second-order valence-corrected chi connectivity index (χ2v) is 7.17. The van der Waals surface area contributed by atoms with Crippen LogP contribution in [0.15, 0.2) is 47.4 Å². The van der Waals surface area contributed by atoms with E-state index in [1.807, 2.05) is 17.8 Å². The first-order valence-electron chi connectivity index (χ1n) is 8.13. The van der Waals surface area contributed by atoms with E-state index in [1.165, 1.54) is 16.3 Å². The maximum absolute atomic E-state index is 12.3. The van der Waals surface area contributed by atoms with Crippen LogP contribution in [0.1, 0.15) is 22.9 Å². The first-order chi connectivity index (χ1) is 12.3. The molecule has 3 aromatic rings. The molecule has 0 radical (unpaired) electrons. The minimum absolute atomic E-state index is 0.191. The highest BCUT2D eigenvalue weighted by Crippen LogP contribution is 2.30. The van der Waals surface area contributed by atoms with Crippen molar-refractivity contribution in [2.24, 2.45) is 0 Å². The molecule has 1 atom stereocenters. The van der Waals surface area contributed by atoms with E-state index < -0.39 is 0 Å². The summed E-state index contributed by atoms with van der Waals surface area (Å²) < 4.78 is 1.31. The van der Waals surface area contributed by atoms with Gasteiger partial charge in [-0.2, -0.15) is 17.0 Å². The van der Waals surface area contributed by atoms with Crippen LogP contribution in [0, 0.1) is 11.3 Å². The molecule has 1 fully saturated rings. The molecule has 1 unspecified atom stereocenters. The second-order valence-electron chi connectivity index (χ2n) is 6.02. The Morgan fingerprint density at radius 2 is 2.20 bits per heavy atom. The standard InChI is InChI=1S/C18H17N5OS/c19-9-14-10-20-23-17(24)8-15(21-18(14)23)11-22-6-7-25-12-16(22)13-4-2-1-3-5-13/h1-5,8,10,16,20H,6-7,11-12H2. The molecule has 1 N–H and O–H groups in total. The highest BCUT2D eigenvalue weighted by molar-refractivity contribution is 7.99. The summed E-state index contributed by atoms with van der Waals surface area (Å²) in [5.74, 6) is 2.09. The Morgan fingerprint density at radius 1 is 1.36 bits per heavy atom. The van der Waals surface area contributed by atoms with E-state index in [-0.39, 0.29) is 5.56 Å². The van der Waals surface area contributed by atoms with Gasteiger partial charge >= 0.3 is 0 Å². The molecular weight excluding hydrogens is 334 g/mol. The normalized spacial score (nSPS) is 18.3. The zero-order valence-corrected chi connectivity index (χ0v) is 14.4. The number of nitrogens with zero attached hydrogens (tertiary/aromatic N) is 4. The Morgan fingerprint density at radius 3 is 3.00 bits per heavy atom. The molecule has 0 bridgehead atoms. The number of aromatic nitrogens is 3. The van der Waals surface area contributed by atoms with E-state index in [2.05, 4.69) is 45.3 Å². The number of nitriles is 1. The molecular formula is C18H17N5OS. The lowest BCUT2D eigenvalue weighted by atomic mass is 10.1. The number of hydrogen-bond acceptors (Lipinski definition) is 5. The fourth-order valence-corrected chi connectivity index (χ4v) is 4.37. The summed E-state index contributed by atoms with van der Waals surface area (Å²) in [5, 5.41) is 12.0. The van der Waals surface area contributed by atoms with Crippen molar-refractivity contribution in [3.63, 3.8) is 0 Å². The fourth-order valence-electron chi connectivity index (χ4n) is 3.21. The van der Waals surface area contributed by atoms with Crippen LogP contribution in [-0.2, 0) is 6.54 Å². The number of thioether (sulfide) groups is 1. The minimum Gasteiger partial charge on any atom is -0.295 e. The average Bonchev–Trinajstić information content (AvgIpc) is 3.06. The lowest BCUT2D eigenvalue weighted by molar-refractivity contribution is 0.209. The number of fused-ring (bicyclic) bond motifs is 1. The highest BCUT2D eigenvalue weighted by Gasteiger charge is 2.25. The Kier molecular flexibility index (Phi) is 4.30. The fraction of sp³-hybridized carbons (Fsp3) is 0.278. The quantitative estimate of drug-likeness (QED) is 0.783. The number of rotatable bonds is 3. The molecule has 126 valence electrons. The van der Waals surface area contributed by atoms with Crippen molar-refractivity contribution in [1.82, 2.24) is 19.5 Å². The van der Waals surface area contributed by atoms with E-state index in [4.69, 9.17) is 0 Å². The van der Waals surface area contributed by atoms with Crippen LogP contribution in [0.25, 0.3) is 5.65 Å². The van der Waals surface area contributed by atoms with Gasteiger partial charge in [-0.1, -0.05) is 30.3 Å². The maximum atomic E-state index is 12.3. The summed E-state index contributed by atoms with van der Waals surface area (Å²) in [7, 11) is 0. The molecule has 0 saturated carbocycles. The number of aromatic amines is 1. The SMILES string of the molecule is N#Cc1c[nH]n2c(=O)cc(CN3CCSCC3c3ccccc3)nc12. The smallest absolute Gasteiger partial charge is 0.272 e. The Labute approximate surface area is 149 Å². The van der Waals surface area contributed by atoms with Crippen LogP contribution in [0.3, 0.4) is 0 Å². The monoisotopic (exact) mass is 351 g/mol. The van der Waals surface area contributed by atoms with Crippen LogP contribution < -0.4 is 5.56 Å². The maximum Gasteiger partial charge on any atom is 0.272 e. The zero-order valence-electron chi connectivity index (χ0n) is 13.6. The number of nitrogens with one attached hydrogen (secondary N) is 1. The van der Waals surface area contributed by atoms with Crippen molar-refractivity contribution >= 4 is 17.4 Å². The van der Waals surface area contributed by atoms with Gasteiger partial charge < -0.3 is 0 Å². The molecule has 1 aliphatic heterocycles. The molecule has 4 rings (SSSR count). The molecule has 0 amide bonds. The molecule has 0 spiro atoms. The topological polar surface area (TPSA) is 77.2 Å². The summed E-state index contributed by atoms with van der Waals surface area (Å²) in [6.45, 7) is 1.55. The zero-order chi connectivity index (χ0) is 17.2. The van der Waals surface area contributed by atoms with Gasteiger partial charge in [0.05, 0.1) is 5.69 Å². The van der Waals surface area contributed by atoms with Crippen LogP contribution >= 0.6 is 11.8 Å². The van der Waals surface area contributed by atoms with Crippen molar-refractivity contribution in [2.45, 2.75) is 12.6 Å². The van der Waals surface area contributed by atoms with Gasteiger partial charge in [0.25, 0.3) is 5.56 Å². The predicted molar refractivity (Wildman–Crippen MR) is 97.4 cm³/mol. The van der Waals surface area contributed by atoms with Gasteiger partial charge in [-0.05, 0) is 5.56 Å². The van der Waals surface area contributed by atoms with E-state index in [0.717, 1.165) is 18.1 Å². The van der Waals surface area contributed by atoms with Crippen molar-refractivity contribution in [2.75, 3.05) is 18.1 Å². The van der Waals surface area contributed by atoms with Crippen molar-refractivity contribution in [3.05, 3.63) is 69.8 Å². The number of H-pyrrole nitrogens is 1. The van der Waals surface area contributed by atoms with Gasteiger partial charge in [-0.25, -0.2) is 9.50 Å². The Hall–Kier alpha value is -2.56. The summed E-state index contributed by atoms with van der Waals surface area (Å²) in [6, 6.07) is 14.4. The van der Waals surface area contributed by atoms with Gasteiger partial charge in [0.15, 0.2) is 5.65 Å². The van der Waals surface area contributed by atoms with Gasteiger partial charge in [-0.15, -0.1) is 0 Å².